The Bertz CT molecular complexity index is 1710. The van der Waals surface area contributed by atoms with Crippen molar-refractivity contribution >= 4 is 34.2 Å². The van der Waals surface area contributed by atoms with E-state index in [1.807, 2.05) is 32.0 Å². The van der Waals surface area contributed by atoms with E-state index in [0.29, 0.717) is 34.5 Å². The summed E-state index contributed by atoms with van der Waals surface area (Å²) < 4.78 is 1.78. The van der Waals surface area contributed by atoms with Crippen LogP contribution in [0.25, 0.3) is 22.4 Å². The summed E-state index contributed by atoms with van der Waals surface area (Å²) in [7, 11) is 0. The number of carbonyl (C=O) groups excluding carboxylic acids is 2. The molecule has 2 aromatic carbocycles. The molecule has 5 aromatic rings. The highest BCUT2D eigenvalue weighted by atomic mass is 16.2. The molecule has 0 spiro atoms. The van der Waals surface area contributed by atoms with Crippen LogP contribution in [0, 0.1) is 6.92 Å². The molecule has 0 bridgehead atoms. The second-order valence-electron chi connectivity index (χ2n) is 8.54. The van der Waals surface area contributed by atoms with E-state index in [9.17, 15) is 14.4 Å². The first-order chi connectivity index (χ1) is 18.4. The van der Waals surface area contributed by atoms with E-state index in [-0.39, 0.29) is 23.8 Å². The van der Waals surface area contributed by atoms with Gasteiger partial charge in [0, 0.05) is 29.7 Å². The summed E-state index contributed by atoms with van der Waals surface area (Å²) in [5, 5.41) is 18.3. The number of para-hydroxylation sites is 2. The van der Waals surface area contributed by atoms with E-state index < -0.39 is 11.3 Å². The average Bonchev–Trinajstić information content (AvgIpc) is 3.37. The van der Waals surface area contributed by atoms with Gasteiger partial charge in [-0.3, -0.25) is 14.4 Å². The van der Waals surface area contributed by atoms with Crippen molar-refractivity contribution in [2.45, 2.75) is 26.9 Å². The molecule has 3 heterocycles. The zero-order valence-corrected chi connectivity index (χ0v) is 20.8. The van der Waals surface area contributed by atoms with Crippen LogP contribution < -0.4 is 16.1 Å². The maximum Gasteiger partial charge on any atom is 0.261 e. The van der Waals surface area contributed by atoms with Crippen molar-refractivity contribution in [2.24, 2.45) is 0 Å². The molecule has 190 valence electrons. The monoisotopic (exact) mass is 508 g/mol. The Kier molecular flexibility index (Phi) is 6.72. The Morgan fingerprint density at radius 1 is 0.947 bits per heavy atom. The summed E-state index contributed by atoms with van der Waals surface area (Å²) in [6, 6.07) is 19.4. The molecule has 0 atom stereocenters. The summed E-state index contributed by atoms with van der Waals surface area (Å²) in [4.78, 5) is 44.4. The molecule has 0 aliphatic carbocycles. The van der Waals surface area contributed by atoms with Gasteiger partial charge in [0.2, 0.25) is 17.2 Å². The number of nitrogens with zero attached hydrogens (tertiary/aromatic N) is 6. The van der Waals surface area contributed by atoms with Gasteiger partial charge >= 0.3 is 0 Å². The van der Waals surface area contributed by atoms with E-state index in [1.165, 1.54) is 11.0 Å². The van der Waals surface area contributed by atoms with Crippen LogP contribution in [0.3, 0.4) is 0 Å². The Morgan fingerprint density at radius 2 is 1.71 bits per heavy atom. The molecule has 0 saturated carbocycles. The van der Waals surface area contributed by atoms with E-state index in [2.05, 4.69) is 31.0 Å². The number of aryl methyl sites for hydroxylation is 2. The molecule has 0 radical (unpaired) electrons. The summed E-state index contributed by atoms with van der Waals surface area (Å²) in [5.74, 6) is -0.658. The van der Waals surface area contributed by atoms with Gasteiger partial charge in [-0.15, -0.1) is 10.2 Å². The molecule has 38 heavy (non-hydrogen) atoms. The summed E-state index contributed by atoms with van der Waals surface area (Å²) in [5.41, 5.74) is 2.46. The highest BCUT2D eigenvalue weighted by Crippen LogP contribution is 2.25. The molecule has 11 nitrogen and oxygen atoms in total. The molecule has 2 N–H and O–H groups in total. The fourth-order valence-corrected chi connectivity index (χ4v) is 4.01. The molecule has 2 amide bonds. The standard InChI is InChI=1S/C27H24N8O3/c1-3-34-15-21(24(37)20-14-13-17(2)28-26(20)34)27(38)30-22-12-8-7-11-19(22)25-31-33-35(32-25)16-23(36)29-18-9-5-4-6-10-18/h4-15H,3,16H2,1-2H3,(H,29,36)(H,30,38). The average molecular weight is 509 g/mol. The number of aromatic nitrogens is 6. The van der Waals surface area contributed by atoms with E-state index >= 15 is 0 Å². The summed E-state index contributed by atoms with van der Waals surface area (Å²) >= 11 is 0. The minimum absolute atomic E-state index is 0.00555. The van der Waals surface area contributed by atoms with Crippen molar-refractivity contribution in [3.05, 3.63) is 94.4 Å². The third-order valence-corrected chi connectivity index (χ3v) is 5.86. The lowest BCUT2D eigenvalue weighted by Gasteiger charge is -2.12. The predicted molar refractivity (Wildman–Crippen MR) is 143 cm³/mol. The number of rotatable bonds is 7. The molecule has 0 unspecified atom stereocenters. The predicted octanol–water partition coefficient (Wildman–Crippen LogP) is 3.27. The van der Waals surface area contributed by atoms with Gasteiger partial charge < -0.3 is 15.2 Å². The van der Waals surface area contributed by atoms with Gasteiger partial charge in [0.1, 0.15) is 17.8 Å². The summed E-state index contributed by atoms with van der Waals surface area (Å²) in [6.07, 6.45) is 1.52. The normalized spacial score (nSPS) is 10.9. The highest BCUT2D eigenvalue weighted by Gasteiger charge is 2.19. The Morgan fingerprint density at radius 3 is 2.50 bits per heavy atom. The maximum atomic E-state index is 13.3. The highest BCUT2D eigenvalue weighted by molar-refractivity contribution is 6.07. The number of pyridine rings is 2. The number of anilines is 2. The summed E-state index contributed by atoms with van der Waals surface area (Å²) in [6.45, 7) is 4.16. The van der Waals surface area contributed by atoms with Crippen molar-refractivity contribution < 1.29 is 9.59 Å². The number of amides is 2. The fourth-order valence-electron chi connectivity index (χ4n) is 4.01. The number of tetrazole rings is 1. The fraction of sp³-hybridized carbons (Fsp3) is 0.148. The number of hydrogen-bond acceptors (Lipinski definition) is 7. The third-order valence-electron chi connectivity index (χ3n) is 5.86. The van der Waals surface area contributed by atoms with Crippen LogP contribution in [0.15, 0.2) is 77.7 Å². The lowest BCUT2D eigenvalue weighted by Crippen LogP contribution is -2.24. The van der Waals surface area contributed by atoms with Gasteiger partial charge in [-0.1, -0.05) is 30.3 Å². The van der Waals surface area contributed by atoms with Gasteiger partial charge in [0.25, 0.3) is 5.91 Å². The van der Waals surface area contributed by atoms with Crippen LogP contribution in [-0.2, 0) is 17.9 Å². The van der Waals surface area contributed by atoms with Crippen molar-refractivity contribution in [1.29, 1.82) is 0 Å². The van der Waals surface area contributed by atoms with Gasteiger partial charge in [0.05, 0.1) is 11.1 Å². The first-order valence-electron chi connectivity index (χ1n) is 12.0. The van der Waals surface area contributed by atoms with Crippen LogP contribution in [0.2, 0.25) is 0 Å². The van der Waals surface area contributed by atoms with Crippen LogP contribution in [0.5, 0.6) is 0 Å². The van der Waals surface area contributed by atoms with Crippen molar-refractivity contribution in [3.8, 4) is 11.4 Å². The maximum absolute atomic E-state index is 13.3. The Hall–Kier alpha value is -5.19. The molecular formula is C27H24N8O3. The molecular weight excluding hydrogens is 484 g/mol. The van der Waals surface area contributed by atoms with Crippen LogP contribution >= 0.6 is 0 Å². The van der Waals surface area contributed by atoms with Gasteiger partial charge in [-0.2, -0.15) is 4.80 Å². The lowest BCUT2D eigenvalue weighted by molar-refractivity contribution is -0.117. The van der Waals surface area contributed by atoms with Gasteiger partial charge in [-0.05, 0) is 55.5 Å². The first kappa shape index (κ1) is 24.5. The number of hydrogen-bond donors (Lipinski definition) is 2. The van der Waals surface area contributed by atoms with E-state index in [0.717, 1.165) is 5.69 Å². The minimum Gasteiger partial charge on any atom is -0.332 e. The number of fused-ring (bicyclic) bond motifs is 1. The quantitative estimate of drug-likeness (QED) is 0.344. The molecule has 11 heteroatoms. The third kappa shape index (κ3) is 5.03. The van der Waals surface area contributed by atoms with E-state index in [4.69, 9.17) is 0 Å². The molecule has 3 aromatic heterocycles. The van der Waals surface area contributed by atoms with Gasteiger partial charge in [-0.25, -0.2) is 4.98 Å². The minimum atomic E-state index is -0.568. The van der Waals surface area contributed by atoms with E-state index in [1.54, 1.807) is 53.1 Å². The van der Waals surface area contributed by atoms with Crippen molar-refractivity contribution in [2.75, 3.05) is 10.6 Å². The first-order valence-corrected chi connectivity index (χ1v) is 12.0. The molecule has 0 fully saturated rings. The SMILES string of the molecule is CCn1cc(C(=O)Nc2ccccc2-c2nnn(CC(=O)Nc3ccccc3)n2)c(=O)c2ccc(C)nc21. The second kappa shape index (κ2) is 10.4. The number of carbonyl (C=O) groups is 2. The molecule has 0 saturated heterocycles. The number of benzene rings is 2. The molecule has 5 rings (SSSR count). The van der Waals surface area contributed by atoms with Crippen LogP contribution in [0.4, 0.5) is 11.4 Å². The van der Waals surface area contributed by atoms with Crippen LogP contribution in [-0.4, -0.2) is 41.6 Å². The Balaban J connectivity index is 1.39. The van der Waals surface area contributed by atoms with Crippen molar-refractivity contribution in [3.63, 3.8) is 0 Å². The number of nitrogens with one attached hydrogen (secondary N) is 2. The van der Waals surface area contributed by atoms with Crippen LogP contribution in [0.1, 0.15) is 23.0 Å². The largest absolute Gasteiger partial charge is 0.332 e. The Labute approximate surface area is 217 Å². The second-order valence-corrected chi connectivity index (χ2v) is 8.54. The smallest absolute Gasteiger partial charge is 0.261 e. The zero-order chi connectivity index (χ0) is 26.6. The van der Waals surface area contributed by atoms with Gasteiger partial charge in [0.15, 0.2) is 0 Å². The molecule has 0 aliphatic rings. The topological polar surface area (TPSA) is 137 Å². The zero-order valence-electron chi connectivity index (χ0n) is 20.8. The molecule has 0 aliphatic heterocycles. The van der Waals surface area contributed by atoms with Crippen molar-refractivity contribution in [1.82, 2.24) is 29.8 Å². The lowest BCUT2D eigenvalue weighted by atomic mass is 10.1.